The number of halogens is 1. The molecule has 0 amide bonds. The number of benzene rings is 1. The lowest BCUT2D eigenvalue weighted by Gasteiger charge is -2.17. The Hall–Kier alpha value is -0.850. The third kappa shape index (κ3) is 2.39. The molecule has 0 bridgehead atoms. The van der Waals surface area contributed by atoms with Crippen LogP contribution in [0.4, 0.5) is 0 Å². The second-order valence-electron chi connectivity index (χ2n) is 4.00. The molecule has 1 saturated heterocycles. The number of ether oxygens (including phenoxy) is 1. The van der Waals surface area contributed by atoms with Crippen molar-refractivity contribution in [3.8, 4) is 6.07 Å². The van der Waals surface area contributed by atoms with Crippen molar-refractivity contribution < 1.29 is 4.74 Å². The Labute approximate surface area is 98.0 Å². The minimum Gasteiger partial charge on any atom is -0.380 e. The van der Waals surface area contributed by atoms with E-state index in [9.17, 15) is 5.26 Å². The van der Waals surface area contributed by atoms with Crippen molar-refractivity contribution in [3.05, 3.63) is 34.3 Å². The molecule has 1 aliphatic rings. The van der Waals surface area contributed by atoms with Crippen molar-refractivity contribution in [2.75, 3.05) is 13.2 Å². The first kappa shape index (κ1) is 10.7. The van der Waals surface area contributed by atoms with Crippen LogP contribution in [0.5, 0.6) is 0 Å². The van der Waals surface area contributed by atoms with Gasteiger partial charge in [-0.15, -0.1) is 0 Å². The fraction of sp³-hybridized carbons (Fsp3) is 0.417. The summed E-state index contributed by atoms with van der Waals surface area (Å²) in [6.45, 7) is 1.28. The predicted octanol–water partition coefficient (Wildman–Crippen LogP) is 2.92. The molecule has 0 aromatic heterocycles. The third-order valence-electron chi connectivity index (χ3n) is 2.80. The molecule has 0 aliphatic carbocycles. The lowest BCUT2D eigenvalue weighted by atomic mass is 9.82. The van der Waals surface area contributed by atoms with E-state index in [1.165, 1.54) is 5.56 Å². The van der Waals surface area contributed by atoms with Crippen LogP contribution >= 0.6 is 15.9 Å². The van der Waals surface area contributed by atoms with Crippen molar-refractivity contribution in [1.29, 1.82) is 5.26 Å². The van der Waals surface area contributed by atoms with Crippen LogP contribution in [0.3, 0.4) is 0 Å². The molecule has 1 fully saturated rings. The summed E-state index contributed by atoms with van der Waals surface area (Å²) in [5.74, 6) is 0. The average molecular weight is 266 g/mol. The second kappa shape index (κ2) is 4.34. The summed E-state index contributed by atoms with van der Waals surface area (Å²) in [6.07, 6.45) is 1.64. The van der Waals surface area contributed by atoms with E-state index in [4.69, 9.17) is 4.74 Å². The molecule has 1 aliphatic heterocycles. The summed E-state index contributed by atoms with van der Waals surface area (Å²) >= 11 is 3.40. The van der Waals surface area contributed by atoms with Gasteiger partial charge < -0.3 is 4.74 Å². The van der Waals surface area contributed by atoms with E-state index in [-0.39, 0.29) is 5.41 Å². The molecule has 15 heavy (non-hydrogen) atoms. The smallest absolute Gasteiger partial charge is 0.0868 e. The van der Waals surface area contributed by atoms with Crippen LogP contribution in [0.2, 0.25) is 0 Å². The van der Waals surface area contributed by atoms with Crippen LogP contribution in [-0.4, -0.2) is 13.2 Å². The second-order valence-corrected chi connectivity index (χ2v) is 4.91. The number of rotatable bonds is 2. The van der Waals surface area contributed by atoms with Crippen molar-refractivity contribution in [2.24, 2.45) is 5.41 Å². The minimum absolute atomic E-state index is 0.298. The van der Waals surface area contributed by atoms with E-state index in [0.717, 1.165) is 17.3 Å². The SMILES string of the molecule is N#CC1(Cc2ccc(Br)cc2)CCOC1. The van der Waals surface area contributed by atoms with Crippen LogP contribution in [0.25, 0.3) is 0 Å². The Kier molecular flexibility index (Phi) is 3.08. The van der Waals surface area contributed by atoms with Gasteiger partial charge in [-0.05, 0) is 30.5 Å². The Balaban J connectivity index is 2.14. The molecule has 0 saturated carbocycles. The van der Waals surface area contributed by atoms with Gasteiger partial charge in [0.05, 0.1) is 18.1 Å². The number of nitriles is 1. The maximum absolute atomic E-state index is 9.19. The van der Waals surface area contributed by atoms with E-state index in [2.05, 4.69) is 34.1 Å². The summed E-state index contributed by atoms with van der Waals surface area (Å²) < 4.78 is 6.38. The van der Waals surface area contributed by atoms with E-state index < -0.39 is 0 Å². The molecule has 1 atom stereocenters. The molecule has 3 heteroatoms. The zero-order valence-electron chi connectivity index (χ0n) is 8.37. The van der Waals surface area contributed by atoms with Gasteiger partial charge in [-0.2, -0.15) is 5.26 Å². The summed E-state index contributed by atoms with van der Waals surface area (Å²) in [5.41, 5.74) is 0.902. The highest BCUT2D eigenvalue weighted by atomic mass is 79.9. The first-order valence-corrected chi connectivity index (χ1v) is 5.77. The maximum atomic E-state index is 9.19. The van der Waals surface area contributed by atoms with Gasteiger partial charge in [0, 0.05) is 11.1 Å². The van der Waals surface area contributed by atoms with Gasteiger partial charge in [0.1, 0.15) is 0 Å². The maximum Gasteiger partial charge on any atom is 0.0868 e. The first-order valence-electron chi connectivity index (χ1n) is 4.98. The molecule has 1 heterocycles. The van der Waals surface area contributed by atoms with Gasteiger partial charge in [0.25, 0.3) is 0 Å². The van der Waals surface area contributed by atoms with Crippen LogP contribution in [0, 0.1) is 16.7 Å². The molecule has 1 aromatic carbocycles. The fourth-order valence-electron chi connectivity index (χ4n) is 1.87. The lowest BCUT2D eigenvalue weighted by molar-refractivity contribution is 0.171. The molecular weight excluding hydrogens is 254 g/mol. The van der Waals surface area contributed by atoms with Crippen molar-refractivity contribution in [1.82, 2.24) is 0 Å². The molecule has 78 valence electrons. The van der Waals surface area contributed by atoms with Gasteiger partial charge in [-0.3, -0.25) is 0 Å². The highest BCUT2D eigenvalue weighted by Crippen LogP contribution is 2.32. The zero-order valence-corrected chi connectivity index (χ0v) is 9.96. The van der Waals surface area contributed by atoms with Crippen LogP contribution in [0.15, 0.2) is 28.7 Å². The Morgan fingerprint density at radius 2 is 2.13 bits per heavy atom. The molecule has 2 nitrogen and oxygen atoms in total. The van der Waals surface area contributed by atoms with Crippen molar-refractivity contribution in [3.63, 3.8) is 0 Å². The van der Waals surface area contributed by atoms with Gasteiger partial charge in [0.15, 0.2) is 0 Å². The van der Waals surface area contributed by atoms with Crippen LogP contribution in [-0.2, 0) is 11.2 Å². The van der Waals surface area contributed by atoms with Gasteiger partial charge >= 0.3 is 0 Å². The Morgan fingerprint density at radius 1 is 1.40 bits per heavy atom. The van der Waals surface area contributed by atoms with E-state index >= 15 is 0 Å². The summed E-state index contributed by atoms with van der Waals surface area (Å²) in [4.78, 5) is 0. The highest BCUT2D eigenvalue weighted by molar-refractivity contribution is 9.10. The Morgan fingerprint density at radius 3 is 2.67 bits per heavy atom. The molecule has 0 spiro atoms. The predicted molar refractivity (Wildman–Crippen MR) is 61.3 cm³/mol. The monoisotopic (exact) mass is 265 g/mol. The van der Waals surface area contributed by atoms with Gasteiger partial charge in [-0.25, -0.2) is 0 Å². The molecule has 0 radical (unpaired) electrons. The van der Waals surface area contributed by atoms with E-state index in [1.807, 2.05) is 12.1 Å². The fourth-order valence-corrected chi connectivity index (χ4v) is 2.13. The van der Waals surface area contributed by atoms with Crippen LogP contribution in [0.1, 0.15) is 12.0 Å². The van der Waals surface area contributed by atoms with E-state index in [0.29, 0.717) is 13.2 Å². The normalized spacial score (nSPS) is 25.1. The number of hydrogen-bond donors (Lipinski definition) is 0. The minimum atomic E-state index is -0.298. The average Bonchev–Trinajstić information content (AvgIpc) is 2.71. The first-order chi connectivity index (χ1) is 7.24. The quantitative estimate of drug-likeness (QED) is 0.824. The van der Waals surface area contributed by atoms with E-state index in [1.54, 1.807) is 0 Å². The number of hydrogen-bond acceptors (Lipinski definition) is 2. The van der Waals surface area contributed by atoms with Crippen molar-refractivity contribution in [2.45, 2.75) is 12.8 Å². The molecule has 1 unspecified atom stereocenters. The van der Waals surface area contributed by atoms with Crippen LogP contribution < -0.4 is 0 Å². The number of nitrogens with zero attached hydrogens (tertiary/aromatic N) is 1. The van der Waals surface area contributed by atoms with Gasteiger partial charge in [-0.1, -0.05) is 28.1 Å². The van der Waals surface area contributed by atoms with Gasteiger partial charge in [0.2, 0.25) is 0 Å². The summed E-state index contributed by atoms with van der Waals surface area (Å²) in [5, 5.41) is 9.19. The standard InChI is InChI=1S/C12H12BrNO/c13-11-3-1-10(2-4-11)7-12(8-14)5-6-15-9-12/h1-4H,5-7,9H2. The lowest BCUT2D eigenvalue weighted by Crippen LogP contribution is -2.21. The highest BCUT2D eigenvalue weighted by Gasteiger charge is 2.35. The largest absolute Gasteiger partial charge is 0.380 e. The van der Waals surface area contributed by atoms with Crippen molar-refractivity contribution >= 4 is 15.9 Å². The zero-order chi connectivity index (χ0) is 10.7. The summed E-state index contributed by atoms with van der Waals surface area (Å²) in [7, 11) is 0. The molecular formula is C12H12BrNO. The third-order valence-corrected chi connectivity index (χ3v) is 3.32. The molecule has 2 rings (SSSR count). The summed E-state index contributed by atoms with van der Waals surface area (Å²) in [6, 6.07) is 10.5. The topological polar surface area (TPSA) is 33.0 Å². The Bertz CT molecular complexity index is 374. The molecule has 1 aromatic rings. The molecule has 0 N–H and O–H groups in total.